The van der Waals surface area contributed by atoms with Crippen molar-refractivity contribution in [1.29, 1.82) is 5.26 Å². The maximum absolute atomic E-state index is 9.67. The zero-order chi connectivity index (χ0) is 14.8. The molecule has 0 aliphatic rings. The van der Waals surface area contributed by atoms with Crippen LogP contribution in [0.2, 0.25) is 0 Å². The van der Waals surface area contributed by atoms with Crippen LogP contribution < -0.4 is 4.74 Å². The minimum atomic E-state index is 0.165. The summed E-state index contributed by atoms with van der Waals surface area (Å²) in [6.45, 7) is 0. The van der Waals surface area contributed by atoms with Crippen LogP contribution in [0.3, 0.4) is 0 Å². The Balaban J connectivity index is 2.26. The Kier molecular flexibility index (Phi) is 3.13. The van der Waals surface area contributed by atoms with E-state index in [1.807, 2.05) is 6.07 Å². The number of benzene rings is 1. The molecule has 5 nitrogen and oxygen atoms in total. The van der Waals surface area contributed by atoms with Crippen LogP contribution >= 0.6 is 0 Å². The van der Waals surface area contributed by atoms with Gasteiger partial charge in [0.1, 0.15) is 17.4 Å². The number of nitrogens with zero attached hydrogens (tertiary/aromatic N) is 3. The largest absolute Gasteiger partial charge is 0.508 e. The van der Waals surface area contributed by atoms with Crippen molar-refractivity contribution in [1.82, 2.24) is 9.97 Å². The van der Waals surface area contributed by atoms with Gasteiger partial charge in [0.2, 0.25) is 5.88 Å². The predicted molar refractivity (Wildman–Crippen MR) is 77.9 cm³/mol. The lowest BCUT2D eigenvalue weighted by Crippen LogP contribution is -1.93. The first-order valence-corrected chi connectivity index (χ1v) is 6.25. The summed E-state index contributed by atoms with van der Waals surface area (Å²) in [4.78, 5) is 8.41. The molecule has 0 bridgehead atoms. The van der Waals surface area contributed by atoms with Crippen molar-refractivity contribution in [3.63, 3.8) is 0 Å². The Labute approximate surface area is 121 Å². The lowest BCUT2D eigenvalue weighted by molar-refractivity contribution is 0.396. The summed E-state index contributed by atoms with van der Waals surface area (Å²) in [7, 11) is 1.47. The molecule has 0 atom stereocenters. The number of aromatic hydroxyl groups is 1. The third kappa shape index (κ3) is 2.23. The molecule has 3 rings (SSSR count). The Bertz CT molecular complexity index is 869. The second-order valence-electron chi connectivity index (χ2n) is 4.45. The van der Waals surface area contributed by atoms with Gasteiger partial charge in [0.05, 0.1) is 12.6 Å². The summed E-state index contributed by atoms with van der Waals surface area (Å²) in [5.74, 6) is 0.459. The van der Waals surface area contributed by atoms with Gasteiger partial charge in [0, 0.05) is 23.3 Å². The Hall–Kier alpha value is -3.13. The Morgan fingerprint density at radius 1 is 1.19 bits per heavy atom. The van der Waals surface area contributed by atoms with Gasteiger partial charge >= 0.3 is 0 Å². The number of ether oxygens (including phenoxy) is 1. The zero-order valence-corrected chi connectivity index (χ0v) is 11.2. The fourth-order valence-corrected chi connectivity index (χ4v) is 2.23. The summed E-state index contributed by atoms with van der Waals surface area (Å²) in [5.41, 5.74) is 2.74. The summed E-state index contributed by atoms with van der Waals surface area (Å²) in [5, 5.41) is 19.6. The first kappa shape index (κ1) is 12.9. The number of phenols is 1. The molecule has 0 unspecified atom stereocenters. The number of aromatic nitrogens is 2. The number of nitriles is 1. The van der Waals surface area contributed by atoms with Gasteiger partial charge in [-0.1, -0.05) is 0 Å². The van der Waals surface area contributed by atoms with Gasteiger partial charge in [-0.3, -0.25) is 4.98 Å². The van der Waals surface area contributed by atoms with Gasteiger partial charge in [0.25, 0.3) is 0 Å². The van der Waals surface area contributed by atoms with Gasteiger partial charge in [-0.25, -0.2) is 4.98 Å². The number of rotatable bonds is 2. The molecule has 0 aliphatic carbocycles. The van der Waals surface area contributed by atoms with E-state index in [4.69, 9.17) is 10.00 Å². The molecule has 2 aromatic heterocycles. The molecule has 3 aromatic rings. The minimum absolute atomic E-state index is 0.165. The van der Waals surface area contributed by atoms with E-state index in [9.17, 15) is 5.11 Å². The minimum Gasteiger partial charge on any atom is -0.508 e. The molecule has 1 aromatic carbocycles. The van der Waals surface area contributed by atoms with Gasteiger partial charge in [-0.2, -0.15) is 5.26 Å². The van der Waals surface area contributed by atoms with E-state index >= 15 is 0 Å². The number of hydrogen-bond donors (Lipinski definition) is 1. The molecule has 0 saturated carbocycles. The summed E-state index contributed by atoms with van der Waals surface area (Å²) in [6.07, 6.45) is 3.32. The average Bonchev–Trinajstić information content (AvgIpc) is 2.53. The number of pyridine rings is 2. The fraction of sp³-hybridized carbons (Fsp3) is 0.0625. The van der Waals surface area contributed by atoms with Crippen molar-refractivity contribution in [2.24, 2.45) is 0 Å². The van der Waals surface area contributed by atoms with Crippen molar-refractivity contribution in [2.75, 3.05) is 7.11 Å². The van der Waals surface area contributed by atoms with E-state index in [1.54, 1.807) is 36.7 Å². The quantitative estimate of drug-likeness (QED) is 0.779. The molecule has 2 heterocycles. The SMILES string of the molecule is COc1ncc(-c2ccnc3ccc(O)cc23)cc1C#N. The summed E-state index contributed by atoms with van der Waals surface area (Å²) in [6, 6.07) is 10.6. The third-order valence-corrected chi connectivity index (χ3v) is 3.20. The molecule has 0 spiro atoms. The molecule has 0 fully saturated rings. The van der Waals surface area contributed by atoms with Crippen LogP contribution in [0.25, 0.3) is 22.0 Å². The number of hydrogen-bond acceptors (Lipinski definition) is 5. The van der Waals surface area contributed by atoms with Crippen LogP contribution in [0, 0.1) is 11.3 Å². The second kappa shape index (κ2) is 5.10. The normalized spacial score (nSPS) is 10.3. The van der Waals surface area contributed by atoms with Crippen LogP contribution in [0.4, 0.5) is 0 Å². The van der Waals surface area contributed by atoms with E-state index in [0.717, 1.165) is 22.0 Å². The van der Waals surface area contributed by atoms with E-state index in [2.05, 4.69) is 16.0 Å². The van der Waals surface area contributed by atoms with Gasteiger partial charge in [0.15, 0.2) is 0 Å². The number of phenolic OH excluding ortho intramolecular Hbond substituents is 1. The lowest BCUT2D eigenvalue weighted by atomic mass is 10.0. The molecule has 5 heteroatoms. The van der Waals surface area contributed by atoms with Crippen molar-refractivity contribution in [2.45, 2.75) is 0 Å². The fourth-order valence-electron chi connectivity index (χ4n) is 2.23. The molecule has 0 aliphatic heterocycles. The maximum Gasteiger partial charge on any atom is 0.231 e. The molecule has 102 valence electrons. The van der Waals surface area contributed by atoms with E-state index in [-0.39, 0.29) is 5.75 Å². The molecular weight excluding hydrogens is 266 g/mol. The molecule has 0 radical (unpaired) electrons. The van der Waals surface area contributed by atoms with Crippen LogP contribution in [-0.4, -0.2) is 22.2 Å². The number of methoxy groups -OCH3 is 1. The topological polar surface area (TPSA) is 79.0 Å². The highest BCUT2D eigenvalue weighted by Gasteiger charge is 2.10. The third-order valence-electron chi connectivity index (χ3n) is 3.20. The van der Waals surface area contributed by atoms with Crippen LogP contribution in [0.1, 0.15) is 5.56 Å². The van der Waals surface area contributed by atoms with Crippen molar-refractivity contribution in [3.05, 3.63) is 48.3 Å². The highest BCUT2D eigenvalue weighted by atomic mass is 16.5. The standard InChI is InChI=1S/C16H11N3O2/c1-21-16-10(8-17)6-11(9-19-16)13-4-5-18-15-3-2-12(20)7-14(13)15/h2-7,9,20H,1H3. The molecule has 21 heavy (non-hydrogen) atoms. The molecule has 0 saturated heterocycles. The van der Waals surface area contributed by atoms with Gasteiger partial charge in [-0.05, 0) is 35.9 Å². The summed E-state index contributed by atoms with van der Waals surface area (Å²) >= 11 is 0. The van der Waals surface area contributed by atoms with Gasteiger partial charge in [-0.15, -0.1) is 0 Å². The Morgan fingerprint density at radius 3 is 2.81 bits per heavy atom. The zero-order valence-electron chi connectivity index (χ0n) is 11.2. The van der Waals surface area contributed by atoms with E-state index in [0.29, 0.717) is 11.4 Å². The highest BCUT2D eigenvalue weighted by Crippen LogP contribution is 2.31. The number of fused-ring (bicyclic) bond motifs is 1. The van der Waals surface area contributed by atoms with Gasteiger partial charge < -0.3 is 9.84 Å². The lowest BCUT2D eigenvalue weighted by Gasteiger charge is -2.08. The molecule has 0 amide bonds. The smallest absolute Gasteiger partial charge is 0.231 e. The summed E-state index contributed by atoms with van der Waals surface area (Å²) < 4.78 is 5.05. The Morgan fingerprint density at radius 2 is 2.05 bits per heavy atom. The van der Waals surface area contributed by atoms with Crippen LogP contribution in [-0.2, 0) is 0 Å². The van der Waals surface area contributed by atoms with Crippen molar-refractivity contribution in [3.8, 4) is 28.8 Å². The monoisotopic (exact) mass is 277 g/mol. The second-order valence-corrected chi connectivity index (χ2v) is 4.45. The predicted octanol–water partition coefficient (Wildman–Crippen LogP) is 2.88. The van der Waals surface area contributed by atoms with Crippen LogP contribution in [0.5, 0.6) is 11.6 Å². The van der Waals surface area contributed by atoms with Crippen molar-refractivity contribution < 1.29 is 9.84 Å². The first-order valence-electron chi connectivity index (χ1n) is 6.25. The molecule has 1 N–H and O–H groups in total. The highest BCUT2D eigenvalue weighted by molar-refractivity contribution is 5.95. The maximum atomic E-state index is 9.67. The first-order chi connectivity index (χ1) is 10.2. The van der Waals surface area contributed by atoms with Crippen molar-refractivity contribution >= 4 is 10.9 Å². The van der Waals surface area contributed by atoms with E-state index < -0.39 is 0 Å². The van der Waals surface area contributed by atoms with Crippen LogP contribution in [0.15, 0.2) is 42.7 Å². The molecular formula is C16H11N3O2. The van der Waals surface area contributed by atoms with E-state index in [1.165, 1.54) is 7.11 Å². The average molecular weight is 277 g/mol.